The fourth-order valence-corrected chi connectivity index (χ4v) is 4.19. The number of fused-ring (bicyclic) bond motifs is 1. The summed E-state index contributed by atoms with van der Waals surface area (Å²) in [6, 6.07) is 9.32. The highest BCUT2D eigenvalue weighted by atomic mass is 32.1. The van der Waals surface area contributed by atoms with Crippen LogP contribution in [0, 0.1) is 0 Å². The first-order valence-electron chi connectivity index (χ1n) is 8.75. The third kappa shape index (κ3) is 3.33. The average Bonchev–Trinajstić information content (AvgIpc) is 3.19. The van der Waals surface area contributed by atoms with Crippen molar-refractivity contribution in [2.45, 2.75) is 12.6 Å². The summed E-state index contributed by atoms with van der Waals surface area (Å²) in [4.78, 5) is 32.4. The smallest absolute Gasteiger partial charge is 0.262 e. The molecule has 1 saturated heterocycles. The standard InChI is InChI=1S/C19H20N4O3S/c1-26-16-5-3-2-4-13(16)15-10-20-7-8-23(15)17(24)11-22-12-21-18-14(19(22)25)6-9-27-18/h2-6,9,12,15,20H,7-8,10-11H2,1H3. The first-order valence-corrected chi connectivity index (χ1v) is 9.62. The van der Waals surface area contributed by atoms with Crippen LogP contribution in [0.5, 0.6) is 5.75 Å². The van der Waals surface area contributed by atoms with Gasteiger partial charge in [-0.25, -0.2) is 4.98 Å². The molecule has 1 N–H and O–H groups in total. The fraction of sp³-hybridized carbons (Fsp3) is 0.316. The van der Waals surface area contributed by atoms with E-state index in [1.165, 1.54) is 22.2 Å². The summed E-state index contributed by atoms with van der Waals surface area (Å²) in [6.07, 6.45) is 1.46. The number of ether oxygens (including phenoxy) is 1. The first kappa shape index (κ1) is 17.7. The molecule has 3 aromatic rings. The van der Waals surface area contributed by atoms with Gasteiger partial charge in [-0.05, 0) is 17.5 Å². The molecule has 4 rings (SSSR count). The van der Waals surface area contributed by atoms with Crippen LogP contribution in [0.25, 0.3) is 10.2 Å². The van der Waals surface area contributed by atoms with Crippen molar-refractivity contribution in [3.05, 3.63) is 58.0 Å². The molecule has 0 radical (unpaired) electrons. The van der Waals surface area contributed by atoms with Crippen LogP contribution in [0.3, 0.4) is 0 Å². The van der Waals surface area contributed by atoms with Gasteiger partial charge in [-0.2, -0.15) is 0 Å². The normalized spacial score (nSPS) is 17.2. The predicted molar refractivity (Wildman–Crippen MR) is 104 cm³/mol. The number of para-hydroxylation sites is 1. The maximum absolute atomic E-state index is 13.0. The number of thiophene rings is 1. The van der Waals surface area contributed by atoms with Crippen molar-refractivity contribution in [3.8, 4) is 5.75 Å². The Labute approximate surface area is 160 Å². The van der Waals surface area contributed by atoms with E-state index in [4.69, 9.17) is 4.74 Å². The second-order valence-corrected chi connectivity index (χ2v) is 7.26. The van der Waals surface area contributed by atoms with Gasteiger partial charge in [0.15, 0.2) is 0 Å². The van der Waals surface area contributed by atoms with E-state index in [0.29, 0.717) is 29.9 Å². The number of benzene rings is 1. The Morgan fingerprint density at radius 2 is 2.22 bits per heavy atom. The lowest BCUT2D eigenvalue weighted by molar-refractivity contribution is -0.135. The van der Waals surface area contributed by atoms with Gasteiger partial charge in [-0.15, -0.1) is 11.3 Å². The molecule has 2 aromatic heterocycles. The molecule has 1 unspecified atom stereocenters. The molecule has 0 bridgehead atoms. The summed E-state index contributed by atoms with van der Waals surface area (Å²) in [5.74, 6) is 0.647. The zero-order chi connectivity index (χ0) is 18.8. The van der Waals surface area contributed by atoms with Crippen molar-refractivity contribution in [2.75, 3.05) is 26.7 Å². The van der Waals surface area contributed by atoms with Crippen LogP contribution >= 0.6 is 11.3 Å². The second-order valence-electron chi connectivity index (χ2n) is 6.37. The predicted octanol–water partition coefficient (Wildman–Crippen LogP) is 1.64. The molecule has 8 heteroatoms. The van der Waals surface area contributed by atoms with Crippen LogP contribution in [-0.2, 0) is 11.3 Å². The van der Waals surface area contributed by atoms with Crippen LogP contribution < -0.4 is 15.6 Å². The number of carbonyl (C=O) groups is 1. The number of methoxy groups -OCH3 is 1. The summed E-state index contributed by atoms with van der Waals surface area (Å²) >= 11 is 1.42. The number of nitrogens with one attached hydrogen (secondary N) is 1. The summed E-state index contributed by atoms with van der Waals surface area (Å²) in [7, 11) is 1.63. The Morgan fingerprint density at radius 3 is 3.07 bits per heavy atom. The Morgan fingerprint density at radius 1 is 1.37 bits per heavy atom. The van der Waals surface area contributed by atoms with E-state index in [9.17, 15) is 9.59 Å². The fourth-order valence-electron chi connectivity index (χ4n) is 3.46. The van der Waals surface area contributed by atoms with Crippen molar-refractivity contribution in [3.63, 3.8) is 0 Å². The monoisotopic (exact) mass is 384 g/mol. The zero-order valence-corrected chi connectivity index (χ0v) is 15.7. The molecule has 0 aliphatic carbocycles. The number of aromatic nitrogens is 2. The number of hydrogen-bond donors (Lipinski definition) is 1. The van der Waals surface area contributed by atoms with E-state index in [-0.39, 0.29) is 24.1 Å². The van der Waals surface area contributed by atoms with Gasteiger partial charge in [0.25, 0.3) is 5.56 Å². The Bertz CT molecular complexity index is 1030. The lowest BCUT2D eigenvalue weighted by atomic mass is 10.0. The molecule has 0 saturated carbocycles. The number of hydrogen-bond acceptors (Lipinski definition) is 6. The molecule has 140 valence electrons. The molecule has 3 heterocycles. The molecule has 1 amide bonds. The van der Waals surface area contributed by atoms with Crippen molar-refractivity contribution in [1.82, 2.24) is 19.8 Å². The highest BCUT2D eigenvalue weighted by Gasteiger charge is 2.30. The van der Waals surface area contributed by atoms with Crippen molar-refractivity contribution >= 4 is 27.5 Å². The van der Waals surface area contributed by atoms with Gasteiger partial charge >= 0.3 is 0 Å². The van der Waals surface area contributed by atoms with Gasteiger partial charge in [-0.3, -0.25) is 14.2 Å². The SMILES string of the molecule is COc1ccccc1C1CNCCN1C(=O)Cn1cnc2sccc2c1=O. The summed E-state index contributed by atoms with van der Waals surface area (Å²) < 4.78 is 6.86. The van der Waals surface area contributed by atoms with Gasteiger partial charge in [-0.1, -0.05) is 18.2 Å². The topological polar surface area (TPSA) is 76.5 Å². The molecule has 27 heavy (non-hydrogen) atoms. The molecule has 1 aliphatic rings. The van der Waals surface area contributed by atoms with Gasteiger partial charge in [0.2, 0.25) is 5.91 Å². The average molecular weight is 384 g/mol. The minimum Gasteiger partial charge on any atom is -0.496 e. The van der Waals surface area contributed by atoms with Crippen LogP contribution in [0.15, 0.2) is 46.8 Å². The zero-order valence-electron chi connectivity index (χ0n) is 14.9. The molecule has 0 spiro atoms. The lowest BCUT2D eigenvalue weighted by Crippen LogP contribution is -2.50. The molecule has 1 aliphatic heterocycles. The van der Waals surface area contributed by atoms with E-state index in [1.807, 2.05) is 34.5 Å². The van der Waals surface area contributed by atoms with Crippen molar-refractivity contribution < 1.29 is 9.53 Å². The minimum atomic E-state index is -0.182. The van der Waals surface area contributed by atoms with E-state index in [2.05, 4.69) is 10.3 Å². The van der Waals surface area contributed by atoms with Gasteiger partial charge in [0.1, 0.15) is 17.1 Å². The van der Waals surface area contributed by atoms with Crippen molar-refractivity contribution in [2.24, 2.45) is 0 Å². The summed E-state index contributed by atoms with van der Waals surface area (Å²) in [5.41, 5.74) is 0.776. The Kier molecular flexibility index (Phi) is 4.91. The molecular weight excluding hydrogens is 364 g/mol. The largest absolute Gasteiger partial charge is 0.496 e. The van der Waals surface area contributed by atoms with E-state index >= 15 is 0 Å². The Hall–Kier alpha value is -2.71. The van der Waals surface area contributed by atoms with Gasteiger partial charge in [0, 0.05) is 25.2 Å². The molecule has 1 fully saturated rings. The van der Waals surface area contributed by atoms with E-state index in [1.54, 1.807) is 13.2 Å². The van der Waals surface area contributed by atoms with Crippen LogP contribution in [0.4, 0.5) is 0 Å². The van der Waals surface area contributed by atoms with Crippen LogP contribution in [-0.4, -0.2) is 47.1 Å². The third-order valence-electron chi connectivity index (χ3n) is 4.82. The first-order chi connectivity index (χ1) is 13.2. The summed E-state index contributed by atoms with van der Waals surface area (Å²) in [6.45, 7) is 1.91. The number of rotatable bonds is 4. The third-order valence-corrected chi connectivity index (χ3v) is 5.64. The molecular formula is C19H20N4O3S. The number of nitrogens with zero attached hydrogens (tertiary/aromatic N) is 3. The molecule has 1 atom stereocenters. The summed E-state index contributed by atoms with van der Waals surface area (Å²) in [5, 5.41) is 5.72. The highest BCUT2D eigenvalue weighted by Crippen LogP contribution is 2.30. The van der Waals surface area contributed by atoms with Crippen LogP contribution in [0.2, 0.25) is 0 Å². The maximum Gasteiger partial charge on any atom is 0.262 e. The maximum atomic E-state index is 13.0. The molecule has 7 nitrogen and oxygen atoms in total. The second kappa shape index (κ2) is 7.50. The minimum absolute atomic E-state index is 0.0245. The Balaban J connectivity index is 1.62. The van der Waals surface area contributed by atoms with Gasteiger partial charge < -0.3 is 15.0 Å². The van der Waals surface area contributed by atoms with Gasteiger partial charge in [0.05, 0.1) is 24.9 Å². The molecule has 1 aromatic carbocycles. The van der Waals surface area contributed by atoms with E-state index < -0.39 is 0 Å². The number of carbonyl (C=O) groups excluding carboxylic acids is 1. The highest BCUT2D eigenvalue weighted by molar-refractivity contribution is 7.16. The number of amides is 1. The van der Waals surface area contributed by atoms with Crippen molar-refractivity contribution in [1.29, 1.82) is 0 Å². The lowest BCUT2D eigenvalue weighted by Gasteiger charge is -2.37. The van der Waals surface area contributed by atoms with E-state index in [0.717, 1.165) is 11.3 Å². The number of piperazine rings is 1. The quantitative estimate of drug-likeness (QED) is 0.740. The van der Waals surface area contributed by atoms with Crippen LogP contribution in [0.1, 0.15) is 11.6 Å².